The van der Waals surface area contributed by atoms with Crippen LogP contribution in [0.2, 0.25) is 5.02 Å². The summed E-state index contributed by atoms with van der Waals surface area (Å²) in [4.78, 5) is 13.1. The average Bonchev–Trinajstić information content (AvgIpc) is 2.30. The maximum Gasteiger partial charge on any atom is 0.335 e. The lowest BCUT2D eigenvalue weighted by Crippen LogP contribution is -2.36. The zero-order chi connectivity index (χ0) is 14.2. The van der Waals surface area contributed by atoms with E-state index in [4.69, 9.17) is 23.2 Å². The van der Waals surface area contributed by atoms with Crippen molar-refractivity contribution in [3.8, 4) is 0 Å². The third kappa shape index (κ3) is 2.62. The highest BCUT2D eigenvalue weighted by atomic mass is 35.5. The van der Waals surface area contributed by atoms with Crippen LogP contribution in [0.15, 0.2) is 47.2 Å². The maximum atomic E-state index is 11.3. The van der Waals surface area contributed by atoms with Crippen molar-refractivity contribution in [3.63, 3.8) is 0 Å². The minimum absolute atomic E-state index is 0.196. The molecule has 0 saturated heterocycles. The molecule has 0 aliphatic carbocycles. The molecule has 0 bridgehead atoms. The summed E-state index contributed by atoms with van der Waals surface area (Å²) >= 11 is 12.2. The van der Waals surface area contributed by atoms with Crippen molar-refractivity contribution in [1.82, 2.24) is 0 Å². The van der Waals surface area contributed by atoms with Crippen molar-refractivity contribution in [2.75, 3.05) is 4.90 Å². The van der Waals surface area contributed by atoms with E-state index in [1.807, 2.05) is 25.1 Å². The van der Waals surface area contributed by atoms with E-state index in [9.17, 15) is 9.90 Å². The monoisotopic (exact) mass is 297 g/mol. The number of alkyl halides is 1. The van der Waals surface area contributed by atoms with Gasteiger partial charge in [-0.1, -0.05) is 23.2 Å². The smallest absolute Gasteiger partial charge is 0.335 e. The van der Waals surface area contributed by atoms with Crippen molar-refractivity contribution in [2.45, 2.75) is 19.3 Å². The highest BCUT2D eigenvalue weighted by molar-refractivity contribution is 6.30. The van der Waals surface area contributed by atoms with Crippen LogP contribution < -0.4 is 4.90 Å². The van der Waals surface area contributed by atoms with Crippen molar-refractivity contribution in [3.05, 3.63) is 52.2 Å². The van der Waals surface area contributed by atoms with Gasteiger partial charge < -0.3 is 10.0 Å². The topological polar surface area (TPSA) is 40.5 Å². The van der Waals surface area contributed by atoms with Crippen molar-refractivity contribution in [2.24, 2.45) is 0 Å². The van der Waals surface area contributed by atoms with E-state index in [1.165, 1.54) is 0 Å². The van der Waals surface area contributed by atoms with Gasteiger partial charge in [-0.3, -0.25) is 0 Å². The average molecular weight is 298 g/mol. The lowest BCUT2D eigenvalue weighted by Gasteiger charge is -2.34. The molecule has 0 amide bonds. The Balaban J connectivity index is 2.46. The number of hydrogen-bond acceptors (Lipinski definition) is 2. The molecular formula is C14H13Cl2NO2. The second-order valence-electron chi connectivity index (χ2n) is 4.37. The van der Waals surface area contributed by atoms with Gasteiger partial charge in [-0.05, 0) is 49.8 Å². The summed E-state index contributed by atoms with van der Waals surface area (Å²) < 4.78 is 0. The van der Waals surface area contributed by atoms with E-state index < -0.39 is 11.5 Å². The maximum absolute atomic E-state index is 11.3. The quantitative estimate of drug-likeness (QED) is 0.662. The third-order valence-corrected chi connectivity index (χ3v) is 3.70. The number of nitrogens with zero attached hydrogens (tertiary/aromatic N) is 1. The molecule has 1 aliphatic heterocycles. The Hall–Kier alpha value is -1.45. The molecule has 19 heavy (non-hydrogen) atoms. The molecule has 0 fully saturated rings. The van der Waals surface area contributed by atoms with Crippen LogP contribution in [0.4, 0.5) is 5.69 Å². The first-order chi connectivity index (χ1) is 8.91. The van der Waals surface area contributed by atoms with Gasteiger partial charge in [-0.15, -0.1) is 0 Å². The normalized spacial score (nSPS) is 19.5. The van der Waals surface area contributed by atoms with Crippen LogP contribution >= 0.6 is 23.2 Å². The molecule has 0 radical (unpaired) electrons. The van der Waals surface area contributed by atoms with Gasteiger partial charge in [0.2, 0.25) is 0 Å². The molecule has 2 rings (SSSR count). The van der Waals surface area contributed by atoms with E-state index >= 15 is 0 Å². The number of aliphatic carboxylic acids is 1. The van der Waals surface area contributed by atoms with E-state index in [1.54, 1.807) is 24.0 Å². The first kappa shape index (κ1) is 14.0. The Bertz CT molecular complexity index is 576. The van der Waals surface area contributed by atoms with Crippen LogP contribution in [0.1, 0.15) is 13.8 Å². The zero-order valence-corrected chi connectivity index (χ0v) is 12.0. The minimum atomic E-state index is -1.000. The van der Waals surface area contributed by atoms with Gasteiger partial charge in [0.05, 0.1) is 5.57 Å². The van der Waals surface area contributed by atoms with Crippen LogP contribution in [-0.2, 0) is 4.79 Å². The molecule has 0 saturated carbocycles. The fourth-order valence-electron chi connectivity index (χ4n) is 2.16. The van der Waals surface area contributed by atoms with Gasteiger partial charge in [0.1, 0.15) is 5.50 Å². The Kier molecular flexibility index (Phi) is 3.88. The molecule has 1 unspecified atom stereocenters. The number of anilines is 1. The number of allylic oxidation sites excluding steroid dienone is 3. The van der Waals surface area contributed by atoms with Crippen molar-refractivity contribution < 1.29 is 9.90 Å². The lowest BCUT2D eigenvalue weighted by atomic mass is 10.0. The van der Waals surface area contributed by atoms with Crippen LogP contribution in [0.3, 0.4) is 0 Å². The fraction of sp³-hybridized carbons (Fsp3) is 0.214. The van der Waals surface area contributed by atoms with Crippen LogP contribution in [0, 0.1) is 0 Å². The molecule has 5 heteroatoms. The van der Waals surface area contributed by atoms with Crippen LogP contribution in [0.5, 0.6) is 0 Å². The van der Waals surface area contributed by atoms with Gasteiger partial charge in [0, 0.05) is 16.4 Å². The number of benzene rings is 1. The van der Waals surface area contributed by atoms with Gasteiger partial charge in [0.25, 0.3) is 0 Å². The molecule has 1 aromatic carbocycles. The molecule has 1 aromatic rings. The van der Waals surface area contributed by atoms with Crippen LogP contribution in [-0.4, -0.2) is 16.6 Å². The Morgan fingerprint density at radius 2 is 1.84 bits per heavy atom. The van der Waals surface area contributed by atoms with Crippen molar-refractivity contribution in [1.29, 1.82) is 0 Å². The number of carboxylic acid groups (broad SMARTS) is 1. The summed E-state index contributed by atoms with van der Waals surface area (Å²) in [6.45, 7) is 3.65. The Morgan fingerprint density at radius 3 is 2.37 bits per heavy atom. The van der Waals surface area contributed by atoms with Gasteiger partial charge in [-0.25, -0.2) is 4.79 Å². The van der Waals surface area contributed by atoms with E-state index in [0.29, 0.717) is 10.6 Å². The molecule has 100 valence electrons. The molecule has 1 N–H and O–H groups in total. The fourth-order valence-corrected chi connectivity index (χ4v) is 2.82. The largest absolute Gasteiger partial charge is 0.478 e. The summed E-state index contributed by atoms with van der Waals surface area (Å²) in [5.41, 5.74) is 1.84. The SMILES string of the molecule is CC1=CC(C)=C(C(=O)O)C(Cl)N1c1ccc(Cl)cc1. The van der Waals surface area contributed by atoms with Gasteiger partial charge >= 0.3 is 5.97 Å². The molecule has 3 nitrogen and oxygen atoms in total. The first-order valence-electron chi connectivity index (χ1n) is 5.73. The first-order valence-corrected chi connectivity index (χ1v) is 6.54. The second-order valence-corrected chi connectivity index (χ2v) is 5.22. The molecule has 0 spiro atoms. The van der Waals surface area contributed by atoms with Crippen LogP contribution in [0.25, 0.3) is 0 Å². The highest BCUT2D eigenvalue weighted by Crippen LogP contribution is 2.34. The van der Waals surface area contributed by atoms with E-state index in [-0.39, 0.29) is 5.57 Å². The third-order valence-electron chi connectivity index (χ3n) is 3.03. The highest BCUT2D eigenvalue weighted by Gasteiger charge is 2.31. The molecule has 1 aliphatic rings. The number of carbonyl (C=O) groups is 1. The van der Waals surface area contributed by atoms with Crippen molar-refractivity contribution >= 4 is 34.9 Å². The summed E-state index contributed by atoms with van der Waals surface area (Å²) in [5, 5.41) is 9.88. The Morgan fingerprint density at radius 1 is 1.26 bits per heavy atom. The number of hydrogen-bond donors (Lipinski definition) is 1. The zero-order valence-electron chi connectivity index (χ0n) is 10.5. The molecular weight excluding hydrogens is 285 g/mol. The molecule has 1 heterocycles. The summed E-state index contributed by atoms with van der Waals surface area (Å²) in [7, 11) is 0. The van der Waals surface area contributed by atoms with Gasteiger partial charge in [0.15, 0.2) is 0 Å². The number of halogens is 2. The Labute approximate surface area is 121 Å². The standard InChI is InChI=1S/C14H13Cl2NO2/c1-8-7-9(2)17(13(16)12(8)14(18)19)11-5-3-10(15)4-6-11/h3-7,13H,1-2H3,(H,18,19). The number of carboxylic acids is 1. The summed E-state index contributed by atoms with van der Waals surface area (Å²) in [6, 6.07) is 7.13. The second kappa shape index (κ2) is 5.27. The minimum Gasteiger partial charge on any atom is -0.478 e. The van der Waals surface area contributed by atoms with E-state index in [0.717, 1.165) is 11.4 Å². The number of rotatable bonds is 2. The summed E-state index contributed by atoms with van der Waals surface area (Å²) in [6.07, 6.45) is 1.82. The van der Waals surface area contributed by atoms with E-state index in [2.05, 4.69) is 0 Å². The molecule has 1 atom stereocenters. The predicted octanol–water partition coefficient (Wildman–Crippen LogP) is 4.03. The molecule has 0 aromatic heterocycles. The van der Waals surface area contributed by atoms with Gasteiger partial charge in [-0.2, -0.15) is 0 Å². The lowest BCUT2D eigenvalue weighted by molar-refractivity contribution is -0.132. The predicted molar refractivity (Wildman–Crippen MR) is 77.7 cm³/mol. The summed E-state index contributed by atoms with van der Waals surface area (Å²) in [5.74, 6) is -1.000.